The molecule has 0 aromatic heterocycles. The summed E-state index contributed by atoms with van der Waals surface area (Å²) in [6.07, 6.45) is 0. The molecule has 0 aliphatic rings. The number of carbonyl (C=O) groups excluding carboxylic acids is 1. The van der Waals surface area contributed by atoms with Crippen LogP contribution in [0.1, 0.15) is 22.8 Å². The molecule has 0 unspecified atom stereocenters. The van der Waals surface area contributed by atoms with Gasteiger partial charge in [-0.15, -0.1) is 0 Å². The molecular formula is C11H13BrO3. The van der Waals surface area contributed by atoms with E-state index >= 15 is 0 Å². The summed E-state index contributed by atoms with van der Waals surface area (Å²) in [4.78, 5) is 11.4. The van der Waals surface area contributed by atoms with E-state index in [9.17, 15) is 4.79 Å². The Labute approximate surface area is 97.5 Å². The van der Waals surface area contributed by atoms with E-state index in [4.69, 9.17) is 4.74 Å². The number of aryl methyl sites for hydroxylation is 1. The van der Waals surface area contributed by atoms with Crippen LogP contribution in [0.25, 0.3) is 0 Å². The molecule has 4 heteroatoms. The van der Waals surface area contributed by atoms with E-state index in [1.54, 1.807) is 6.07 Å². The van der Waals surface area contributed by atoms with Crippen LogP contribution in [0.3, 0.4) is 0 Å². The van der Waals surface area contributed by atoms with Crippen molar-refractivity contribution >= 4 is 21.9 Å². The lowest BCUT2D eigenvalue weighted by molar-refractivity contribution is 0.0596. The van der Waals surface area contributed by atoms with Crippen molar-refractivity contribution in [3.05, 3.63) is 27.7 Å². The summed E-state index contributed by atoms with van der Waals surface area (Å²) < 4.78 is 10.9. The van der Waals surface area contributed by atoms with Crippen molar-refractivity contribution in [2.45, 2.75) is 13.8 Å². The van der Waals surface area contributed by atoms with Crippen LogP contribution < -0.4 is 4.74 Å². The number of methoxy groups -OCH3 is 1. The average molecular weight is 273 g/mol. The highest BCUT2D eigenvalue weighted by Crippen LogP contribution is 2.32. The molecular weight excluding hydrogens is 260 g/mol. The van der Waals surface area contributed by atoms with Gasteiger partial charge in [-0.25, -0.2) is 4.79 Å². The van der Waals surface area contributed by atoms with E-state index in [0.717, 1.165) is 10.0 Å². The number of ether oxygens (including phenoxy) is 2. The van der Waals surface area contributed by atoms with Crippen molar-refractivity contribution < 1.29 is 14.3 Å². The van der Waals surface area contributed by atoms with E-state index in [2.05, 4.69) is 20.7 Å². The molecule has 1 aromatic rings. The lowest BCUT2D eigenvalue weighted by atomic mass is 10.1. The molecule has 0 amide bonds. The van der Waals surface area contributed by atoms with Crippen LogP contribution in [0.4, 0.5) is 0 Å². The number of rotatable bonds is 3. The quantitative estimate of drug-likeness (QED) is 0.794. The lowest BCUT2D eigenvalue weighted by Crippen LogP contribution is -2.06. The van der Waals surface area contributed by atoms with Crippen molar-refractivity contribution in [1.29, 1.82) is 0 Å². The summed E-state index contributed by atoms with van der Waals surface area (Å²) in [5.41, 5.74) is 1.46. The topological polar surface area (TPSA) is 35.5 Å². The van der Waals surface area contributed by atoms with Crippen molar-refractivity contribution in [2.24, 2.45) is 0 Å². The summed E-state index contributed by atoms with van der Waals surface area (Å²) in [7, 11) is 1.35. The Balaban J connectivity index is 3.26. The van der Waals surface area contributed by atoms with Gasteiger partial charge < -0.3 is 9.47 Å². The molecule has 0 aliphatic heterocycles. The van der Waals surface area contributed by atoms with E-state index in [1.165, 1.54) is 7.11 Å². The van der Waals surface area contributed by atoms with Gasteiger partial charge >= 0.3 is 5.97 Å². The average Bonchev–Trinajstić information content (AvgIpc) is 2.24. The Kier molecular flexibility index (Phi) is 4.15. The Hall–Kier alpha value is -1.03. The fourth-order valence-corrected chi connectivity index (χ4v) is 1.67. The van der Waals surface area contributed by atoms with Gasteiger partial charge in [0, 0.05) is 0 Å². The van der Waals surface area contributed by atoms with Crippen molar-refractivity contribution in [1.82, 2.24) is 0 Å². The van der Waals surface area contributed by atoms with Gasteiger partial charge in [-0.1, -0.05) is 6.07 Å². The maximum absolute atomic E-state index is 11.4. The summed E-state index contributed by atoms with van der Waals surface area (Å²) >= 11 is 3.40. The number of hydrogen-bond donors (Lipinski definition) is 0. The van der Waals surface area contributed by atoms with Crippen molar-refractivity contribution in [2.75, 3.05) is 13.7 Å². The predicted octanol–water partition coefficient (Wildman–Crippen LogP) is 2.94. The lowest BCUT2D eigenvalue weighted by Gasteiger charge is -2.12. The van der Waals surface area contributed by atoms with Crippen LogP contribution in [-0.4, -0.2) is 19.7 Å². The summed E-state index contributed by atoms with van der Waals surface area (Å²) in [6.45, 7) is 4.32. The first kappa shape index (κ1) is 12.0. The molecule has 1 aromatic carbocycles. The molecule has 0 heterocycles. The second kappa shape index (κ2) is 5.16. The van der Waals surface area contributed by atoms with Gasteiger partial charge in [0.25, 0.3) is 0 Å². The number of benzene rings is 1. The number of esters is 1. The van der Waals surface area contributed by atoms with Crippen LogP contribution in [-0.2, 0) is 4.74 Å². The highest BCUT2D eigenvalue weighted by Gasteiger charge is 2.16. The zero-order valence-electron chi connectivity index (χ0n) is 8.96. The smallest absolute Gasteiger partial charge is 0.341 e. The van der Waals surface area contributed by atoms with Gasteiger partial charge in [0.2, 0.25) is 0 Å². The number of carbonyl (C=O) groups is 1. The molecule has 0 atom stereocenters. The molecule has 0 saturated heterocycles. The van der Waals surface area contributed by atoms with E-state index in [-0.39, 0.29) is 5.97 Å². The molecule has 0 fully saturated rings. The second-order valence-corrected chi connectivity index (χ2v) is 3.79. The predicted molar refractivity (Wildman–Crippen MR) is 61.4 cm³/mol. The molecule has 82 valence electrons. The SMILES string of the molecule is CCOc1c(C(=O)OC)ccc(C)c1Br. The van der Waals surface area contributed by atoms with Gasteiger partial charge in [-0.3, -0.25) is 0 Å². The third-order valence-electron chi connectivity index (χ3n) is 1.98. The minimum absolute atomic E-state index is 0.390. The molecule has 0 saturated carbocycles. The second-order valence-electron chi connectivity index (χ2n) is 3.00. The zero-order chi connectivity index (χ0) is 11.4. The molecule has 0 N–H and O–H groups in total. The van der Waals surface area contributed by atoms with Crippen LogP contribution in [0.2, 0.25) is 0 Å². The standard InChI is InChI=1S/C11H13BrO3/c1-4-15-10-8(11(13)14-3)6-5-7(2)9(10)12/h5-6H,4H2,1-3H3. The van der Waals surface area contributed by atoms with E-state index in [1.807, 2.05) is 19.9 Å². The van der Waals surface area contributed by atoms with Crippen LogP contribution in [0.5, 0.6) is 5.75 Å². The van der Waals surface area contributed by atoms with E-state index in [0.29, 0.717) is 17.9 Å². The van der Waals surface area contributed by atoms with Gasteiger partial charge in [-0.05, 0) is 41.4 Å². The first-order valence-electron chi connectivity index (χ1n) is 4.62. The molecule has 0 bridgehead atoms. The Bertz CT molecular complexity index is 374. The van der Waals surface area contributed by atoms with Crippen molar-refractivity contribution in [3.8, 4) is 5.75 Å². The maximum atomic E-state index is 11.4. The fourth-order valence-electron chi connectivity index (χ4n) is 1.21. The summed E-state index contributed by atoms with van der Waals surface area (Å²) in [5, 5.41) is 0. The molecule has 0 spiro atoms. The first-order chi connectivity index (χ1) is 7.11. The summed E-state index contributed by atoms with van der Waals surface area (Å²) in [5.74, 6) is 0.156. The monoisotopic (exact) mass is 272 g/mol. The molecule has 0 radical (unpaired) electrons. The minimum atomic E-state index is -0.390. The Morgan fingerprint density at radius 2 is 2.13 bits per heavy atom. The molecule has 3 nitrogen and oxygen atoms in total. The van der Waals surface area contributed by atoms with Crippen LogP contribution in [0, 0.1) is 6.92 Å². The zero-order valence-corrected chi connectivity index (χ0v) is 10.6. The molecule has 1 rings (SSSR count). The minimum Gasteiger partial charge on any atom is -0.492 e. The molecule has 0 aliphatic carbocycles. The molecule has 15 heavy (non-hydrogen) atoms. The van der Waals surface area contributed by atoms with Crippen LogP contribution >= 0.6 is 15.9 Å². The highest BCUT2D eigenvalue weighted by atomic mass is 79.9. The number of hydrogen-bond acceptors (Lipinski definition) is 3. The summed E-state index contributed by atoms with van der Waals surface area (Å²) in [6, 6.07) is 3.55. The van der Waals surface area contributed by atoms with Gasteiger partial charge in [0.05, 0.1) is 18.2 Å². The largest absolute Gasteiger partial charge is 0.492 e. The third-order valence-corrected chi connectivity index (χ3v) is 2.97. The highest BCUT2D eigenvalue weighted by molar-refractivity contribution is 9.10. The Morgan fingerprint density at radius 1 is 1.47 bits per heavy atom. The normalized spacial score (nSPS) is 9.87. The van der Waals surface area contributed by atoms with Gasteiger partial charge in [0.1, 0.15) is 11.3 Å². The maximum Gasteiger partial charge on any atom is 0.341 e. The fraction of sp³-hybridized carbons (Fsp3) is 0.364. The van der Waals surface area contributed by atoms with E-state index < -0.39 is 0 Å². The van der Waals surface area contributed by atoms with Crippen LogP contribution in [0.15, 0.2) is 16.6 Å². The Morgan fingerprint density at radius 3 is 2.67 bits per heavy atom. The van der Waals surface area contributed by atoms with Crippen molar-refractivity contribution in [3.63, 3.8) is 0 Å². The number of halogens is 1. The first-order valence-corrected chi connectivity index (χ1v) is 5.41. The van der Waals surface area contributed by atoms with Gasteiger partial charge in [-0.2, -0.15) is 0 Å². The third kappa shape index (κ3) is 2.50. The van der Waals surface area contributed by atoms with Gasteiger partial charge in [0.15, 0.2) is 0 Å².